The van der Waals surface area contributed by atoms with E-state index in [2.05, 4.69) is 6.92 Å². The molecule has 16 heavy (non-hydrogen) atoms. The Balaban J connectivity index is 1.77. The van der Waals surface area contributed by atoms with Crippen molar-refractivity contribution in [1.29, 1.82) is 0 Å². The number of allylic oxidation sites excluding steroid dienone is 1. The quantitative estimate of drug-likeness (QED) is 0.681. The summed E-state index contributed by atoms with van der Waals surface area (Å²) in [6.45, 7) is 4.00. The van der Waals surface area contributed by atoms with Crippen molar-refractivity contribution in [2.75, 3.05) is 13.2 Å². The molecule has 0 aromatic rings. The summed E-state index contributed by atoms with van der Waals surface area (Å²) in [5.74, 6) is 0.584. The van der Waals surface area contributed by atoms with Gasteiger partial charge in [-0.15, -0.1) is 0 Å². The van der Waals surface area contributed by atoms with Gasteiger partial charge < -0.3 is 9.47 Å². The zero-order chi connectivity index (χ0) is 11.2. The van der Waals surface area contributed by atoms with Crippen molar-refractivity contribution < 1.29 is 9.47 Å². The van der Waals surface area contributed by atoms with E-state index in [4.69, 9.17) is 9.47 Å². The van der Waals surface area contributed by atoms with E-state index in [0.717, 1.165) is 13.2 Å². The molecule has 2 heteroatoms. The second-order valence-corrected chi connectivity index (χ2v) is 5.16. The zero-order valence-corrected chi connectivity index (χ0v) is 10.4. The molecular formula is C14H24O2. The van der Waals surface area contributed by atoms with Crippen molar-refractivity contribution in [2.24, 2.45) is 5.92 Å². The summed E-state index contributed by atoms with van der Waals surface area (Å²) in [7, 11) is 0. The van der Waals surface area contributed by atoms with Crippen LogP contribution in [0.1, 0.15) is 51.9 Å². The molecule has 0 bridgehead atoms. The van der Waals surface area contributed by atoms with E-state index >= 15 is 0 Å². The topological polar surface area (TPSA) is 18.5 Å². The fourth-order valence-electron chi connectivity index (χ4n) is 2.56. The highest BCUT2D eigenvalue weighted by Gasteiger charge is 2.20. The third-order valence-electron chi connectivity index (χ3n) is 3.80. The van der Waals surface area contributed by atoms with Crippen molar-refractivity contribution in [1.82, 2.24) is 0 Å². The first-order valence-electron chi connectivity index (χ1n) is 6.77. The van der Waals surface area contributed by atoms with Crippen LogP contribution in [-0.4, -0.2) is 19.3 Å². The van der Waals surface area contributed by atoms with Crippen LogP contribution in [0.25, 0.3) is 0 Å². The molecule has 0 aromatic carbocycles. The van der Waals surface area contributed by atoms with Gasteiger partial charge in [-0.05, 0) is 51.0 Å². The average Bonchev–Trinajstić information content (AvgIpc) is 2.66. The lowest BCUT2D eigenvalue weighted by atomic mass is 9.99. The van der Waals surface area contributed by atoms with Gasteiger partial charge in [0.05, 0.1) is 19.0 Å². The Kier molecular flexibility index (Phi) is 4.70. The van der Waals surface area contributed by atoms with Crippen molar-refractivity contribution in [2.45, 2.75) is 58.0 Å². The normalized spacial score (nSPS) is 28.6. The molecule has 0 radical (unpaired) electrons. The Labute approximate surface area is 99.0 Å². The summed E-state index contributed by atoms with van der Waals surface area (Å²) in [4.78, 5) is 0. The largest absolute Gasteiger partial charge is 0.498 e. The van der Waals surface area contributed by atoms with E-state index in [0.29, 0.717) is 12.0 Å². The van der Waals surface area contributed by atoms with Crippen LogP contribution in [0, 0.1) is 5.92 Å². The standard InChI is InChI=1S/C14H24O2/c1-12(14-8-4-5-9-15-11-14)16-10-13-6-2-3-7-13/h10,12,14H,2-9,11H2,1H3. The summed E-state index contributed by atoms with van der Waals surface area (Å²) in [5, 5.41) is 0. The Morgan fingerprint density at radius 3 is 2.88 bits per heavy atom. The highest BCUT2D eigenvalue weighted by Crippen LogP contribution is 2.25. The molecule has 2 atom stereocenters. The second-order valence-electron chi connectivity index (χ2n) is 5.16. The molecule has 0 N–H and O–H groups in total. The van der Waals surface area contributed by atoms with Gasteiger partial charge in [0.1, 0.15) is 0 Å². The van der Waals surface area contributed by atoms with Gasteiger partial charge in [-0.2, -0.15) is 0 Å². The van der Waals surface area contributed by atoms with Crippen LogP contribution in [0.4, 0.5) is 0 Å². The summed E-state index contributed by atoms with van der Waals surface area (Å²) in [6, 6.07) is 0. The first kappa shape index (κ1) is 12.0. The molecule has 0 amide bonds. The van der Waals surface area contributed by atoms with Gasteiger partial charge >= 0.3 is 0 Å². The molecule has 92 valence electrons. The maximum absolute atomic E-state index is 5.88. The first-order chi connectivity index (χ1) is 7.86. The SMILES string of the molecule is CC(OC=C1CCCC1)C1CCCCOC1. The van der Waals surface area contributed by atoms with E-state index in [1.807, 2.05) is 6.26 Å². The minimum absolute atomic E-state index is 0.311. The van der Waals surface area contributed by atoms with Gasteiger partial charge in [0.2, 0.25) is 0 Å². The summed E-state index contributed by atoms with van der Waals surface area (Å²) >= 11 is 0. The first-order valence-corrected chi connectivity index (χ1v) is 6.77. The fraction of sp³-hybridized carbons (Fsp3) is 0.857. The Morgan fingerprint density at radius 2 is 2.06 bits per heavy atom. The predicted octanol–water partition coefficient (Wildman–Crippen LogP) is 3.67. The number of ether oxygens (including phenoxy) is 2. The van der Waals surface area contributed by atoms with Crippen molar-refractivity contribution >= 4 is 0 Å². The highest BCUT2D eigenvalue weighted by molar-refractivity contribution is 5.02. The smallest absolute Gasteiger partial charge is 0.1000 e. The lowest BCUT2D eigenvalue weighted by Gasteiger charge is -2.21. The van der Waals surface area contributed by atoms with Gasteiger partial charge in [-0.25, -0.2) is 0 Å². The van der Waals surface area contributed by atoms with Crippen molar-refractivity contribution in [3.63, 3.8) is 0 Å². The maximum atomic E-state index is 5.88. The van der Waals surface area contributed by atoms with Gasteiger partial charge in [0, 0.05) is 12.5 Å². The molecule has 0 aromatic heterocycles. The van der Waals surface area contributed by atoms with E-state index in [1.54, 1.807) is 0 Å². The molecule has 2 unspecified atom stereocenters. The van der Waals surface area contributed by atoms with Crippen LogP contribution in [0.15, 0.2) is 11.8 Å². The summed E-state index contributed by atoms with van der Waals surface area (Å²) in [5.41, 5.74) is 1.50. The Bertz CT molecular complexity index is 219. The minimum Gasteiger partial charge on any atom is -0.498 e. The van der Waals surface area contributed by atoms with Crippen molar-refractivity contribution in [3.8, 4) is 0 Å². The molecule has 1 saturated heterocycles. The van der Waals surface area contributed by atoms with Crippen LogP contribution in [0.5, 0.6) is 0 Å². The Hall–Kier alpha value is -0.500. The lowest BCUT2D eigenvalue weighted by molar-refractivity contribution is 0.0378. The van der Waals surface area contributed by atoms with Crippen LogP contribution < -0.4 is 0 Å². The van der Waals surface area contributed by atoms with Gasteiger partial charge in [-0.1, -0.05) is 6.42 Å². The maximum Gasteiger partial charge on any atom is 0.1000 e. The van der Waals surface area contributed by atoms with Crippen LogP contribution >= 0.6 is 0 Å². The highest BCUT2D eigenvalue weighted by atomic mass is 16.5. The minimum atomic E-state index is 0.311. The number of hydrogen-bond donors (Lipinski definition) is 0. The molecule has 2 rings (SSSR count). The van der Waals surface area contributed by atoms with E-state index < -0.39 is 0 Å². The zero-order valence-electron chi connectivity index (χ0n) is 10.4. The summed E-state index contributed by atoms with van der Waals surface area (Å²) in [6.07, 6.45) is 11.3. The average molecular weight is 224 g/mol. The molecule has 1 heterocycles. The van der Waals surface area contributed by atoms with Crippen LogP contribution in [0.3, 0.4) is 0 Å². The lowest BCUT2D eigenvalue weighted by Crippen LogP contribution is -2.22. The van der Waals surface area contributed by atoms with E-state index in [1.165, 1.54) is 50.5 Å². The molecule has 1 saturated carbocycles. The molecule has 2 nitrogen and oxygen atoms in total. The molecule has 2 aliphatic rings. The second kappa shape index (κ2) is 6.29. The molecule has 1 aliphatic carbocycles. The van der Waals surface area contributed by atoms with Crippen LogP contribution in [0.2, 0.25) is 0 Å². The van der Waals surface area contributed by atoms with Gasteiger partial charge in [0.15, 0.2) is 0 Å². The molecule has 2 fully saturated rings. The number of rotatable bonds is 3. The third-order valence-corrected chi connectivity index (χ3v) is 3.80. The fourth-order valence-corrected chi connectivity index (χ4v) is 2.56. The molecular weight excluding hydrogens is 200 g/mol. The Morgan fingerprint density at radius 1 is 1.25 bits per heavy atom. The van der Waals surface area contributed by atoms with Gasteiger partial charge in [0.25, 0.3) is 0 Å². The van der Waals surface area contributed by atoms with Crippen molar-refractivity contribution in [3.05, 3.63) is 11.8 Å². The summed E-state index contributed by atoms with van der Waals surface area (Å²) < 4.78 is 11.5. The molecule has 0 spiro atoms. The third kappa shape index (κ3) is 3.51. The molecule has 1 aliphatic heterocycles. The van der Waals surface area contributed by atoms with E-state index in [-0.39, 0.29) is 0 Å². The number of hydrogen-bond acceptors (Lipinski definition) is 2. The van der Waals surface area contributed by atoms with Gasteiger partial charge in [-0.3, -0.25) is 0 Å². The monoisotopic (exact) mass is 224 g/mol. The predicted molar refractivity (Wildman–Crippen MR) is 65.3 cm³/mol. The van der Waals surface area contributed by atoms with E-state index in [9.17, 15) is 0 Å². The van der Waals surface area contributed by atoms with Crippen LogP contribution in [-0.2, 0) is 9.47 Å².